The molecule has 5 aromatic rings. The lowest BCUT2D eigenvalue weighted by Gasteiger charge is -2.45. The van der Waals surface area contributed by atoms with E-state index in [0.29, 0.717) is 0 Å². The summed E-state index contributed by atoms with van der Waals surface area (Å²) in [5, 5.41) is 7.70. The molecule has 6 heteroatoms. The van der Waals surface area contributed by atoms with Gasteiger partial charge in [0.2, 0.25) is 0 Å². The molecule has 0 fully saturated rings. The summed E-state index contributed by atoms with van der Waals surface area (Å²) in [7, 11) is 0. The standard InChI is InChI=1S/C51H46N6/c1-33-50(2,56-46-21-13-12-20-45(46)53-33)40-28-26-38(27-29-40)49-55-48(37-24-22-36(23-25-37)47-32-52-43-18-10-11-19-44(43)54-47)42-31-39(34-14-6-4-7-15-34)30-41(51(42,3)57-49)35-16-8-5-9-17-35/h4-12,14-20,22-24,26-33,37,41,53,56H,13,21,25H2,1-3H3. The van der Waals surface area contributed by atoms with Crippen LogP contribution in [0.5, 0.6) is 0 Å². The summed E-state index contributed by atoms with van der Waals surface area (Å²) >= 11 is 0. The molecule has 0 amide bonds. The van der Waals surface area contributed by atoms with Gasteiger partial charge >= 0.3 is 0 Å². The van der Waals surface area contributed by atoms with Crippen LogP contribution in [0.25, 0.3) is 22.2 Å². The SMILES string of the molecule is CC1NC2=C(CCC=C2)NC1(C)c1ccc(C2=NC3(C)C(=CC(c4ccccc4)=CC3c3ccccc3)C(C3C=CC(c4cnc5ccccc5n4)=CC3)=N2)cc1. The van der Waals surface area contributed by atoms with Crippen molar-refractivity contribution in [2.75, 3.05) is 0 Å². The average molecular weight is 743 g/mol. The number of nitrogens with zero attached hydrogens (tertiary/aromatic N) is 4. The van der Waals surface area contributed by atoms with Gasteiger partial charge in [-0.2, -0.15) is 0 Å². The van der Waals surface area contributed by atoms with Crippen molar-refractivity contribution >= 4 is 33.7 Å². The molecule has 0 spiro atoms. The largest absolute Gasteiger partial charge is 0.379 e. The molecule has 5 unspecified atom stereocenters. The minimum absolute atomic E-state index is 0.00971. The molecule has 2 aliphatic heterocycles. The summed E-state index contributed by atoms with van der Waals surface area (Å²) < 4.78 is 0. The Morgan fingerprint density at radius 3 is 2.30 bits per heavy atom. The fraction of sp³-hybridized carbons (Fsp3) is 0.216. The molecule has 4 aromatic carbocycles. The predicted molar refractivity (Wildman–Crippen MR) is 234 cm³/mol. The number of amidine groups is 1. The van der Waals surface area contributed by atoms with Crippen molar-refractivity contribution in [3.63, 3.8) is 0 Å². The number of hydrogen-bond acceptors (Lipinski definition) is 6. The molecule has 3 heterocycles. The maximum absolute atomic E-state index is 5.67. The molecule has 3 aliphatic carbocycles. The van der Waals surface area contributed by atoms with Crippen molar-refractivity contribution < 1.29 is 0 Å². The molecule has 57 heavy (non-hydrogen) atoms. The number of para-hydroxylation sites is 2. The summed E-state index contributed by atoms with van der Waals surface area (Å²) in [5.74, 6) is 0.811. The van der Waals surface area contributed by atoms with E-state index in [-0.39, 0.29) is 23.4 Å². The van der Waals surface area contributed by atoms with Gasteiger partial charge in [0, 0.05) is 28.7 Å². The summed E-state index contributed by atoms with van der Waals surface area (Å²) in [6.07, 6.45) is 20.8. The lowest BCUT2D eigenvalue weighted by atomic mass is 9.67. The highest BCUT2D eigenvalue weighted by molar-refractivity contribution is 6.18. The van der Waals surface area contributed by atoms with Crippen LogP contribution in [0.1, 0.15) is 73.9 Å². The van der Waals surface area contributed by atoms with E-state index in [1.165, 1.54) is 39.2 Å². The van der Waals surface area contributed by atoms with Crippen LogP contribution < -0.4 is 10.6 Å². The van der Waals surface area contributed by atoms with Gasteiger partial charge in [0.15, 0.2) is 5.84 Å². The monoisotopic (exact) mass is 742 g/mol. The predicted octanol–water partition coefficient (Wildman–Crippen LogP) is 10.4. The van der Waals surface area contributed by atoms with Gasteiger partial charge in [-0.05, 0) is 92.2 Å². The highest BCUT2D eigenvalue weighted by atomic mass is 15.1. The molecule has 5 atom stereocenters. The summed E-state index contributed by atoms with van der Waals surface area (Å²) in [6.45, 7) is 6.87. The Balaban J connectivity index is 1.06. The summed E-state index contributed by atoms with van der Waals surface area (Å²) in [6, 6.07) is 38.7. The smallest absolute Gasteiger partial charge is 0.155 e. The first-order valence-electron chi connectivity index (χ1n) is 20.2. The molecule has 0 bridgehead atoms. The number of benzene rings is 4. The normalized spacial score (nSPS) is 26.5. The molecule has 2 N–H and O–H groups in total. The average Bonchev–Trinajstić information content (AvgIpc) is 3.26. The van der Waals surface area contributed by atoms with Crippen LogP contribution in [0, 0.1) is 5.92 Å². The number of aliphatic imine (C=N–C) groups is 2. The minimum atomic E-state index is -0.598. The number of fused-ring (bicyclic) bond motifs is 2. The van der Waals surface area contributed by atoms with Crippen molar-refractivity contribution in [3.8, 4) is 0 Å². The van der Waals surface area contributed by atoms with Crippen molar-refractivity contribution in [2.45, 2.75) is 63.1 Å². The second-order valence-electron chi connectivity index (χ2n) is 16.2. The molecule has 0 saturated carbocycles. The molecule has 0 saturated heterocycles. The van der Waals surface area contributed by atoms with Gasteiger partial charge in [-0.25, -0.2) is 9.98 Å². The maximum atomic E-state index is 5.67. The second-order valence-corrected chi connectivity index (χ2v) is 16.2. The zero-order valence-corrected chi connectivity index (χ0v) is 32.7. The van der Waals surface area contributed by atoms with Crippen LogP contribution in [0.2, 0.25) is 0 Å². The van der Waals surface area contributed by atoms with Crippen molar-refractivity contribution in [1.82, 2.24) is 20.6 Å². The fourth-order valence-electron chi connectivity index (χ4n) is 9.17. The highest BCUT2D eigenvalue weighted by Crippen LogP contribution is 2.49. The zero-order valence-electron chi connectivity index (χ0n) is 32.7. The molecular weight excluding hydrogens is 697 g/mol. The minimum Gasteiger partial charge on any atom is -0.379 e. The van der Waals surface area contributed by atoms with E-state index in [2.05, 4.69) is 159 Å². The number of aromatic nitrogens is 2. The van der Waals surface area contributed by atoms with Crippen LogP contribution >= 0.6 is 0 Å². The van der Waals surface area contributed by atoms with Gasteiger partial charge in [0.05, 0.1) is 51.5 Å². The molecule has 280 valence electrons. The van der Waals surface area contributed by atoms with Gasteiger partial charge in [-0.1, -0.05) is 127 Å². The lowest BCUT2D eigenvalue weighted by molar-refractivity contribution is 0.279. The van der Waals surface area contributed by atoms with Gasteiger partial charge in [0.25, 0.3) is 0 Å². The molecule has 0 radical (unpaired) electrons. The van der Waals surface area contributed by atoms with Crippen LogP contribution in [-0.2, 0) is 5.54 Å². The first kappa shape index (κ1) is 35.0. The number of allylic oxidation sites excluding steroid dienone is 9. The van der Waals surface area contributed by atoms with Crippen molar-refractivity contribution in [1.29, 1.82) is 0 Å². The third-order valence-corrected chi connectivity index (χ3v) is 12.7. The third kappa shape index (κ3) is 6.20. The van der Waals surface area contributed by atoms with E-state index >= 15 is 0 Å². The van der Waals surface area contributed by atoms with Gasteiger partial charge in [-0.3, -0.25) is 9.98 Å². The first-order valence-corrected chi connectivity index (χ1v) is 20.2. The third-order valence-electron chi connectivity index (χ3n) is 12.7. The quantitative estimate of drug-likeness (QED) is 0.182. The van der Waals surface area contributed by atoms with E-state index in [9.17, 15) is 0 Å². The van der Waals surface area contributed by atoms with E-state index in [1.54, 1.807) is 0 Å². The Bertz CT molecular complexity index is 2640. The Morgan fingerprint density at radius 1 is 0.772 bits per heavy atom. The van der Waals surface area contributed by atoms with Crippen LogP contribution in [0.3, 0.4) is 0 Å². The van der Waals surface area contributed by atoms with E-state index in [0.717, 1.165) is 58.7 Å². The highest BCUT2D eigenvalue weighted by Gasteiger charge is 2.46. The maximum Gasteiger partial charge on any atom is 0.155 e. The van der Waals surface area contributed by atoms with Gasteiger partial charge in [-0.15, -0.1) is 0 Å². The summed E-state index contributed by atoms with van der Waals surface area (Å²) in [4.78, 5) is 20.9. The molecule has 10 rings (SSSR count). The van der Waals surface area contributed by atoms with Crippen LogP contribution in [0.4, 0.5) is 0 Å². The van der Waals surface area contributed by atoms with Crippen LogP contribution in [0.15, 0.2) is 185 Å². The van der Waals surface area contributed by atoms with Crippen molar-refractivity contribution in [3.05, 3.63) is 203 Å². The van der Waals surface area contributed by atoms with Gasteiger partial charge in [0.1, 0.15) is 0 Å². The topological polar surface area (TPSA) is 74.6 Å². The molecule has 6 nitrogen and oxygen atoms in total. The van der Waals surface area contributed by atoms with Gasteiger partial charge < -0.3 is 10.6 Å². The fourth-order valence-corrected chi connectivity index (χ4v) is 9.17. The Hall–Kier alpha value is -6.40. The number of hydrogen-bond donors (Lipinski definition) is 2. The molecule has 1 aromatic heterocycles. The second kappa shape index (κ2) is 14.0. The number of nitrogens with one attached hydrogen (secondary N) is 2. The first-order chi connectivity index (χ1) is 27.9. The zero-order chi connectivity index (χ0) is 38.6. The molecular formula is C51H46N6. The van der Waals surface area contributed by atoms with Crippen LogP contribution in [-0.4, -0.2) is 33.1 Å². The Kier molecular flexibility index (Phi) is 8.58. The number of rotatable bonds is 6. The molecule has 5 aliphatic rings. The lowest BCUT2D eigenvalue weighted by Crippen LogP contribution is -2.57. The van der Waals surface area contributed by atoms with E-state index in [4.69, 9.17) is 20.0 Å². The van der Waals surface area contributed by atoms with Crippen molar-refractivity contribution in [2.24, 2.45) is 15.9 Å². The Morgan fingerprint density at radius 2 is 1.53 bits per heavy atom. The van der Waals surface area contributed by atoms with E-state index in [1.807, 2.05) is 30.5 Å². The van der Waals surface area contributed by atoms with E-state index < -0.39 is 5.54 Å². The Labute approximate surface area is 335 Å². The summed E-state index contributed by atoms with van der Waals surface area (Å²) in [5.41, 5.74) is 13.5.